The van der Waals surface area contributed by atoms with E-state index >= 15 is 0 Å². The Kier molecular flexibility index (Phi) is 5.69. The second kappa shape index (κ2) is 7.29. The summed E-state index contributed by atoms with van der Waals surface area (Å²) >= 11 is 0. The first kappa shape index (κ1) is 15.6. The van der Waals surface area contributed by atoms with E-state index in [1.807, 2.05) is 0 Å². The fourth-order valence-electron chi connectivity index (χ4n) is 4.13. The molecule has 0 N–H and O–H groups in total. The summed E-state index contributed by atoms with van der Waals surface area (Å²) in [5.74, 6) is 3.02. The first-order valence-electron chi connectivity index (χ1n) is 8.70. The summed E-state index contributed by atoms with van der Waals surface area (Å²) in [5, 5.41) is 0. The van der Waals surface area contributed by atoms with Gasteiger partial charge in [-0.15, -0.1) is 0 Å². The Morgan fingerprint density at radius 3 is 2.35 bits per heavy atom. The molecule has 1 unspecified atom stereocenters. The molecule has 0 bridgehead atoms. The van der Waals surface area contributed by atoms with Crippen LogP contribution in [0.5, 0.6) is 0 Å². The van der Waals surface area contributed by atoms with E-state index in [-0.39, 0.29) is 0 Å². The molecule has 3 atom stereocenters. The molecule has 1 aromatic carbocycles. The molecular weight excluding hydrogens is 240 g/mol. The maximum atomic E-state index is 2.39. The molecule has 112 valence electrons. The van der Waals surface area contributed by atoms with Crippen LogP contribution in [-0.4, -0.2) is 0 Å². The second-order valence-electron chi connectivity index (χ2n) is 7.01. The summed E-state index contributed by atoms with van der Waals surface area (Å²) in [4.78, 5) is 0. The Morgan fingerprint density at radius 1 is 0.950 bits per heavy atom. The summed E-state index contributed by atoms with van der Waals surface area (Å²) < 4.78 is 0. The van der Waals surface area contributed by atoms with Gasteiger partial charge in [0.05, 0.1) is 0 Å². The van der Waals surface area contributed by atoms with Crippen molar-refractivity contribution in [1.29, 1.82) is 0 Å². The highest BCUT2D eigenvalue weighted by molar-refractivity contribution is 5.29. The molecule has 1 fully saturated rings. The lowest BCUT2D eigenvalue weighted by Gasteiger charge is -2.16. The van der Waals surface area contributed by atoms with Crippen LogP contribution in [0.15, 0.2) is 18.2 Å². The predicted octanol–water partition coefficient (Wildman–Crippen LogP) is 6.09. The Bertz CT molecular complexity index is 418. The van der Waals surface area contributed by atoms with Gasteiger partial charge in [0, 0.05) is 0 Å². The normalized spacial score (nSPS) is 26.1. The van der Waals surface area contributed by atoms with Crippen molar-refractivity contribution in [1.82, 2.24) is 0 Å². The summed E-state index contributed by atoms with van der Waals surface area (Å²) in [7, 11) is 0. The molecule has 1 saturated carbocycles. The van der Waals surface area contributed by atoms with Crippen molar-refractivity contribution in [2.75, 3.05) is 0 Å². The Hall–Kier alpha value is -0.780. The zero-order chi connectivity index (χ0) is 14.5. The van der Waals surface area contributed by atoms with Crippen LogP contribution in [0, 0.1) is 31.6 Å². The van der Waals surface area contributed by atoms with Crippen LogP contribution in [0.2, 0.25) is 0 Å². The lowest BCUT2D eigenvalue weighted by molar-refractivity contribution is 0.352. The van der Waals surface area contributed by atoms with Crippen LogP contribution >= 0.6 is 0 Å². The molecule has 0 radical (unpaired) electrons. The minimum Gasteiger partial charge on any atom is -0.0654 e. The Morgan fingerprint density at radius 2 is 1.70 bits per heavy atom. The van der Waals surface area contributed by atoms with Crippen molar-refractivity contribution in [3.05, 3.63) is 34.9 Å². The smallest absolute Gasteiger partial charge is 0.0276 e. The largest absolute Gasteiger partial charge is 0.0654 e. The van der Waals surface area contributed by atoms with Gasteiger partial charge in [0.15, 0.2) is 0 Å². The van der Waals surface area contributed by atoms with Crippen molar-refractivity contribution in [3.8, 4) is 0 Å². The van der Waals surface area contributed by atoms with Crippen LogP contribution < -0.4 is 0 Å². The Balaban J connectivity index is 1.86. The lowest BCUT2D eigenvalue weighted by Crippen LogP contribution is -2.05. The molecule has 0 saturated heterocycles. The fraction of sp³-hybridized carbons (Fsp3) is 0.700. The molecule has 0 spiro atoms. The highest BCUT2D eigenvalue weighted by Gasteiger charge is 2.31. The number of hydrogen-bond donors (Lipinski definition) is 0. The second-order valence-corrected chi connectivity index (χ2v) is 7.01. The van der Waals surface area contributed by atoms with Crippen molar-refractivity contribution < 1.29 is 0 Å². The van der Waals surface area contributed by atoms with Gasteiger partial charge in [-0.25, -0.2) is 0 Å². The van der Waals surface area contributed by atoms with Gasteiger partial charge in [-0.1, -0.05) is 51.3 Å². The molecule has 0 aliphatic heterocycles. The SMILES string of the molecule is CCC[C@@H]1CC(CCc2ccc(C)c(C)c2)C[C@@H]1CC. The predicted molar refractivity (Wildman–Crippen MR) is 89.1 cm³/mol. The third kappa shape index (κ3) is 3.87. The summed E-state index contributed by atoms with van der Waals surface area (Å²) in [5.41, 5.74) is 4.41. The van der Waals surface area contributed by atoms with Crippen LogP contribution in [0.25, 0.3) is 0 Å². The quantitative estimate of drug-likeness (QED) is 0.588. The van der Waals surface area contributed by atoms with Gasteiger partial charge in [-0.05, 0) is 74.0 Å². The van der Waals surface area contributed by atoms with Crippen LogP contribution in [0.4, 0.5) is 0 Å². The first-order valence-corrected chi connectivity index (χ1v) is 8.70. The van der Waals surface area contributed by atoms with Crippen molar-refractivity contribution in [2.24, 2.45) is 17.8 Å². The van der Waals surface area contributed by atoms with Crippen LogP contribution in [0.1, 0.15) is 69.1 Å². The number of rotatable bonds is 6. The third-order valence-electron chi connectivity index (χ3n) is 5.54. The van der Waals surface area contributed by atoms with Crippen molar-refractivity contribution in [3.63, 3.8) is 0 Å². The highest BCUT2D eigenvalue weighted by atomic mass is 14.4. The van der Waals surface area contributed by atoms with Gasteiger partial charge >= 0.3 is 0 Å². The molecule has 0 aromatic heterocycles. The maximum Gasteiger partial charge on any atom is -0.0276 e. The molecule has 2 rings (SSSR count). The summed E-state index contributed by atoms with van der Waals surface area (Å²) in [6.45, 7) is 9.17. The first-order chi connectivity index (χ1) is 9.63. The van der Waals surface area contributed by atoms with E-state index < -0.39 is 0 Å². The van der Waals surface area contributed by atoms with E-state index in [9.17, 15) is 0 Å². The van der Waals surface area contributed by atoms with Gasteiger partial charge in [-0.2, -0.15) is 0 Å². The zero-order valence-electron chi connectivity index (χ0n) is 13.9. The van der Waals surface area contributed by atoms with Gasteiger partial charge < -0.3 is 0 Å². The van der Waals surface area contributed by atoms with E-state index in [0.29, 0.717) is 0 Å². The van der Waals surface area contributed by atoms with Gasteiger partial charge in [0.2, 0.25) is 0 Å². The molecule has 1 aromatic rings. The average molecular weight is 272 g/mol. The summed E-state index contributed by atoms with van der Waals surface area (Å²) in [6.07, 6.45) is 9.89. The van der Waals surface area contributed by atoms with Gasteiger partial charge in [0.25, 0.3) is 0 Å². The minimum absolute atomic E-state index is 0.984. The topological polar surface area (TPSA) is 0 Å². The van der Waals surface area contributed by atoms with Crippen LogP contribution in [-0.2, 0) is 6.42 Å². The molecule has 1 aliphatic carbocycles. The van der Waals surface area contributed by atoms with Crippen LogP contribution in [0.3, 0.4) is 0 Å². The van der Waals surface area contributed by atoms with E-state index in [1.165, 1.54) is 56.1 Å². The van der Waals surface area contributed by atoms with E-state index in [0.717, 1.165) is 17.8 Å². The van der Waals surface area contributed by atoms with E-state index in [1.54, 1.807) is 5.56 Å². The lowest BCUT2D eigenvalue weighted by atomic mass is 9.90. The molecule has 0 heteroatoms. The molecular formula is C20H32. The van der Waals surface area contributed by atoms with Gasteiger partial charge in [-0.3, -0.25) is 0 Å². The fourth-order valence-corrected chi connectivity index (χ4v) is 4.13. The standard InChI is InChI=1S/C20H32/c1-5-7-20-14-18(13-19(20)6-2)11-10-17-9-8-15(3)16(4)12-17/h8-9,12,18-20H,5-7,10-11,13-14H2,1-4H3/t18?,19-,20+/m0/s1. The zero-order valence-corrected chi connectivity index (χ0v) is 13.9. The summed E-state index contributed by atoms with van der Waals surface area (Å²) in [6, 6.07) is 7.01. The monoisotopic (exact) mass is 272 g/mol. The van der Waals surface area contributed by atoms with E-state index in [2.05, 4.69) is 45.9 Å². The Labute approximate surface area is 126 Å². The third-order valence-corrected chi connectivity index (χ3v) is 5.54. The molecule has 1 aliphatic rings. The van der Waals surface area contributed by atoms with E-state index in [4.69, 9.17) is 0 Å². The van der Waals surface area contributed by atoms with Crippen molar-refractivity contribution >= 4 is 0 Å². The molecule has 20 heavy (non-hydrogen) atoms. The molecule has 0 amide bonds. The number of benzene rings is 1. The number of aryl methyl sites for hydroxylation is 3. The molecule has 0 heterocycles. The highest BCUT2D eigenvalue weighted by Crippen LogP contribution is 2.42. The average Bonchev–Trinajstić information content (AvgIpc) is 2.83. The number of hydrogen-bond acceptors (Lipinski definition) is 0. The maximum absolute atomic E-state index is 2.39. The van der Waals surface area contributed by atoms with Crippen molar-refractivity contribution in [2.45, 2.75) is 72.6 Å². The minimum atomic E-state index is 0.984. The van der Waals surface area contributed by atoms with Gasteiger partial charge in [0.1, 0.15) is 0 Å². The molecule has 0 nitrogen and oxygen atoms in total.